The largest absolute Gasteiger partial charge is 0.497 e. The Hall–Kier alpha value is -3.86. The zero-order valence-corrected chi connectivity index (χ0v) is 22.3. The fraction of sp³-hybridized carbons (Fsp3) is 0.312. The fourth-order valence-electron chi connectivity index (χ4n) is 5.26. The van der Waals surface area contributed by atoms with Gasteiger partial charge in [0.25, 0.3) is 5.91 Å². The first-order chi connectivity index (χ1) is 18.1. The Morgan fingerprint density at radius 1 is 0.946 bits per heavy atom. The number of amides is 1. The van der Waals surface area contributed by atoms with Crippen molar-refractivity contribution in [3.63, 3.8) is 0 Å². The highest BCUT2D eigenvalue weighted by atomic mass is 16.5. The average Bonchev–Trinajstić information content (AvgIpc) is 3.61. The van der Waals surface area contributed by atoms with Crippen LogP contribution in [0.1, 0.15) is 68.1 Å². The van der Waals surface area contributed by atoms with Crippen LogP contribution < -0.4 is 10.1 Å². The van der Waals surface area contributed by atoms with Gasteiger partial charge in [-0.1, -0.05) is 94.3 Å². The normalized spacial score (nSPS) is 13.9. The third-order valence-corrected chi connectivity index (χ3v) is 7.02. The molecular formula is C32H37N3O2. The van der Waals surface area contributed by atoms with Gasteiger partial charge in [-0.3, -0.25) is 4.79 Å². The molecule has 0 saturated heterocycles. The number of nitrogens with zero attached hydrogens (tertiary/aromatic N) is 2. The summed E-state index contributed by atoms with van der Waals surface area (Å²) in [5, 5.41) is 8.45. The first-order valence-corrected chi connectivity index (χ1v) is 13.3. The Labute approximate surface area is 220 Å². The third-order valence-electron chi connectivity index (χ3n) is 7.02. The first-order valence-electron chi connectivity index (χ1n) is 13.3. The summed E-state index contributed by atoms with van der Waals surface area (Å²) in [6.07, 6.45) is 4.64. The molecule has 5 rings (SSSR count). The number of nitrogens with one attached hydrogen (secondary N) is 1. The summed E-state index contributed by atoms with van der Waals surface area (Å²) >= 11 is 0. The van der Waals surface area contributed by atoms with E-state index in [4.69, 9.17) is 9.84 Å². The first kappa shape index (κ1) is 26.2. The lowest BCUT2D eigenvalue weighted by Crippen LogP contribution is -2.44. The minimum atomic E-state index is -0.417. The molecule has 0 radical (unpaired) electrons. The molecule has 1 amide bonds. The summed E-state index contributed by atoms with van der Waals surface area (Å²) in [6, 6.07) is 28.1. The van der Waals surface area contributed by atoms with Gasteiger partial charge in [-0.2, -0.15) is 5.10 Å². The molecule has 1 N–H and O–H groups in total. The van der Waals surface area contributed by atoms with Crippen molar-refractivity contribution >= 4 is 5.91 Å². The number of hydrogen-bond donors (Lipinski definition) is 1. The highest BCUT2D eigenvalue weighted by Crippen LogP contribution is 2.40. The van der Waals surface area contributed by atoms with E-state index in [0.717, 1.165) is 53.9 Å². The number of carbonyl (C=O) groups is 1. The van der Waals surface area contributed by atoms with Crippen molar-refractivity contribution in [2.24, 2.45) is 0 Å². The molecule has 0 spiro atoms. The van der Waals surface area contributed by atoms with E-state index in [-0.39, 0.29) is 5.91 Å². The molecule has 0 atom stereocenters. The standard InChI is InChI=1S/C30H31N3O2.C2H6/c1-3-26-27(28(22-13-6-4-7-14-22)32-33(26)24-16-8-5-9-17-24)29(34)31-30(19-10-11-20-30)23-15-12-18-25(21-23)35-2;1-2/h4-9,12-18,21H,3,10-11,19-20H2,1-2H3,(H,31,34);1-2H3. The molecular weight excluding hydrogens is 458 g/mol. The summed E-state index contributed by atoms with van der Waals surface area (Å²) in [5.41, 5.74) is 4.83. The Kier molecular flexibility index (Phi) is 8.44. The molecule has 4 aromatic rings. The summed E-state index contributed by atoms with van der Waals surface area (Å²) < 4.78 is 7.41. The molecule has 1 aliphatic rings. The van der Waals surface area contributed by atoms with Crippen LogP contribution in [0.15, 0.2) is 84.9 Å². The Morgan fingerprint density at radius 3 is 2.22 bits per heavy atom. The van der Waals surface area contributed by atoms with Gasteiger partial charge in [0.2, 0.25) is 0 Å². The summed E-state index contributed by atoms with van der Waals surface area (Å²) in [7, 11) is 1.68. The van der Waals surface area contributed by atoms with Crippen LogP contribution in [0.25, 0.3) is 16.9 Å². The summed E-state index contributed by atoms with van der Waals surface area (Å²) in [4.78, 5) is 14.2. The van der Waals surface area contributed by atoms with Crippen LogP contribution in [0.5, 0.6) is 5.75 Å². The third kappa shape index (κ3) is 5.31. The minimum absolute atomic E-state index is 0.0763. The number of carbonyl (C=O) groups excluding carboxylic acids is 1. The van der Waals surface area contributed by atoms with Gasteiger partial charge in [0.15, 0.2) is 0 Å². The molecule has 192 valence electrons. The zero-order valence-electron chi connectivity index (χ0n) is 22.3. The summed E-state index contributed by atoms with van der Waals surface area (Å²) in [6.45, 7) is 6.08. The molecule has 37 heavy (non-hydrogen) atoms. The van der Waals surface area contributed by atoms with Crippen LogP contribution in [0.3, 0.4) is 0 Å². The van der Waals surface area contributed by atoms with Crippen LogP contribution >= 0.6 is 0 Å². The van der Waals surface area contributed by atoms with E-state index in [1.807, 2.05) is 91.3 Å². The molecule has 1 saturated carbocycles. The second-order valence-corrected chi connectivity index (χ2v) is 9.11. The highest BCUT2D eigenvalue weighted by molar-refractivity contribution is 6.02. The van der Waals surface area contributed by atoms with E-state index in [1.165, 1.54) is 0 Å². The van der Waals surface area contributed by atoms with Crippen LogP contribution in [0.4, 0.5) is 0 Å². The minimum Gasteiger partial charge on any atom is -0.497 e. The topological polar surface area (TPSA) is 56.1 Å². The van der Waals surface area contributed by atoms with Gasteiger partial charge in [0.1, 0.15) is 11.4 Å². The van der Waals surface area contributed by atoms with E-state index < -0.39 is 5.54 Å². The molecule has 0 bridgehead atoms. The average molecular weight is 496 g/mol. The number of aromatic nitrogens is 2. The maximum atomic E-state index is 14.2. The second kappa shape index (κ2) is 11.9. The van der Waals surface area contributed by atoms with Gasteiger partial charge in [-0.05, 0) is 49.1 Å². The van der Waals surface area contributed by atoms with Gasteiger partial charge in [-0.25, -0.2) is 4.68 Å². The molecule has 0 aliphatic heterocycles. The number of hydrogen-bond acceptors (Lipinski definition) is 3. The molecule has 1 fully saturated rings. The Morgan fingerprint density at radius 2 is 1.59 bits per heavy atom. The van der Waals surface area contributed by atoms with Crippen molar-refractivity contribution < 1.29 is 9.53 Å². The SMILES string of the molecule is CC.CCc1c(C(=O)NC2(c3cccc(OC)c3)CCCC2)c(-c2ccccc2)nn1-c1ccccc1. The fourth-order valence-corrected chi connectivity index (χ4v) is 5.26. The van der Waals surface area contributed by atoms with E-state index in [9.17, 15) is 4.79 Å². The quantitative estimate of drug-likeness (QED) is 0.292. The molecule has 1 heterocycles. The van der Waals surface area contributed by atoms with E-state index in [1.54, 1.807) is 7.11 Å². The maximum absolute atomic E-state index is 14.2. The number of benzene rings is 3. The van der Waals surface area contributed by atoms with E-state index >= 15 is 0 Å². The molecule has 5 nitrogen and oxygen atoms in total. The zero-order chi connectivity index (χ0) is 26.3. The van der Waals surface area contributed by atoms with Gasteiger partial charge in [0, 0.05) is 5.56 Å². The number of methoxy groups -OCH3 is 1. The van der Waals surface area contributed by atoms with Crippen LogP contribution in [0.2, 0.25) is 0 Å². The second-order valence-electron chi connectivity index (χ2n) is 9.11. The van der Waals surface area contributed by atoms with Gasteiger partial charge < -0.3 is 10.1 Å². The lowest BCUT2D eigenvalue weighted by Gasteiger charge is -2.31. The Balaban J connectivity index is 0.00000156. The highest BCUT2D eigenvalue weighted by Gasteiger charge is 2.39. The molecule has 3 aromatic carbocycles. The van der Waals surface area contributed by atoms with Crippen molar-refractivity contribution in [2.45, 2.75) is 58.4 Å². The van der Waals surface area contributed by atoms with Crippen LogP contribution in [0, 0.1) is 0 Å². The van der Waals surface area contributed by atoms with Gasteiger partial charge in [0.05, 0.1) is 29.6 Å². The van der Waals surface area contributed by atoms with Crippen molar-refractivity contribution in [3.8, 4) is 22.7 Å². The van der Waals surface area contributed by atoms with Crippen LogP contribution in [-0.4, -0.2) is 22.8 Å². The smallest absolute Gasteiger partial charge is 0.256 e. The molecule has 1 aliphatic carbocycles. The lowest BCUT2D eigenvalue weighted by atomic mass is 9.87. The molecule has 0 unspecified atom stereocenters. The predicted octanol–water partition coefficient (Wildman–Crippen LogP) is 7.34. The van der Waals surface area contributed by atoms with Gasteiger partial charge in [-0.15, -0.1) is 0 Å². The maximum Gasteiger partial charge on any atom is 0.256 e. The van der Waals surface area contributed by atoms with Crippen molar-refractivity contribution in [1.82, 2.24) is 15.1 Å². The molecule has 5 heteroatoms. The van der Waals surface area contributed by atoms with Crippen molar-refractivity contribution in [1.29, 1.82) is 0 Å². The summed E-state index contributed by atoms with van der Waals surface area (Å²) in [5.74, 6) is 0.728. The number of para-hydroxylation sites is 1. The lowest BCUT2D eigenvalue weighted by molar-refractivity contribution is 0.0897. The van der Waals surface area contributed by atoms with Crippen molar-refractivity contribution in [3.05, 3.63) is 102 Å². The number of ether oxygens (including phenoxy) is 1. The van der Waals surface area contributed by atoms with Gasteiger partial charge >= 0.3 is 0 Å². The number of rotatable bonds is 7. The van der Waals surface area contributed by atoms with E-state index in [2.05, 4.69) is 24.4 Å². The van der Waals surface area contributed by atoms with E-state index in [0.29, 0.717) is 17.7 Å². The predicted molar refractivity (Wildman–Crippen MR) is 150 cm³/mol. The van der Waals surface area contributed by atoms with Crippen molar-refractivity contribution in [2.75, 3.05) is 7.11 Å². The Bertz CT molecular complexity index is 1310. The van der Waals surface area contributed by atoms with Crippen LogP contribution in [-0.2, 0) is 12.0 Å². The molecule has 1 aromatic heterocycles. The monoisotopic (exact) mass is 495 g/mol.